The number of ether oxygens (including phenoxy) is 1. The molecule has 1 aromatic rings. The maximum Gasteiger partial charge on any atom is 0.252 e. The topological polar surface area (TPSA) is 38.3 Å². The van der Waals surface area contributed by atoms with Crippen LogP contribution in [0.25, 0.3) is 0 Å². The molecule has 1 unspecified atom stereocenters. The third-order valence-corrected chi connectivity index (χ3v) is 3.02. The van der Waals surface area contributed by atoms with Crippen LogP contribution in [-0.4, -0.2) is 25.2 Å². The number of amides is 1. The van der Waals surface area contributed by atoms with Crippen LogP contribution in [0.15, 0.2) is 22.7 Å². The second-order valence-electron chi connectivity index (χ2n) is 3.66. The molecule has 5 heteroatoms. The van der Waals surface area contributed by atoms with Crippen LogP contribution in [0.4, 0.5) is 0 Å². The lowest BCUT2D eigenvalue weighted by atomic mass is 10.2. The molecule has 0 aliphatic carbocycles. The highest BCUT2D eigenvalue weighted by atomic mass is 79.9. The normalized spacial score (nSPS) is 12.2. The highest BCUT2D eigenvalue weighted by Gasteiger charge is 2.12. The van der Waals surface area contributed by atoms with Gasteiger partial charge in [-0.15, -0.1) is 0 Å². The van der Waals surface area contributed by atoms with Crippen LogP contribution in [0, 0.1) is 0 Å². The van der Waals surface area contributed by atoms with Gasteiger partial charge in [0.1, 0.15) is 0 Å². The number of carbonyl (C=O) groups excluding carboxylic acids is 1. The molecule has 0 aromatic heterocycles. The van der Waals surface area contributed by atoms with Gasteiger partial charge in [-0.1, -0.05) is 11.6 Å². The molecule has 0 saturated heterocycles. The van der Waals surface area contributed by atoms with Gasteiger partial charge in [-0.05, 0) is 48.0 Å². The van der Waals surface area contributed by atoms with Gasteiger partial charge in [0.2, 0.25) is 0 Å². The standard InChI is InChI=1S/C12H15BrClNO2/c1-3-17-7-8(2)15-12(16)10-5-4-9(14)6-11(10)13/h4-6,8H,3,7H2,1-2H3,(H,15,16). The molecule has 1 atom stereocenters. The molecule has 3 nitrogen and oxygen atoms in total. The Balaban J connectivity index is 2.63. The number of rotatable bonds is 5. The van der Waals surface area contributed by atoms with E-state index in [1.807, 2.05) is 13.8 Å². The summed E-state index contributed by atoms with van der Waals surface area (Å²) in [5, 5.41) is 3.45. The molecule has 1 rings (SSSR count). The molecule has 17 heavy (non-hydrogen) atoms. The first kappa shape index (κ1) is 14.5. The van der Waals surface area contributed by atoms with E-state index in [2.05, 4.69) is 21.2 Å². The van der Waals surface area contributed by atoms with Crippen molar-refractivity contribution in [1.29, 1.82) is 0 Å². The Labute approximate surface area is 115 Å². The van der Waals surface area contributed by atoms with Gasteiger partial charge in [0.15, 0.2) is 0 Å². The number of benzene rings is 1. The van der Waals surface area contributed by atoms with Gasteiger partial charge in [0.05, 0.1) is 12.2 Å². The minimum Gasteiger partial charge on any atom is -0.380 e. The maximum atomic E-state index is 11.9. The molecule has 0 spiro atoms. The number of hydrogen-bond acceptors (Lipinski definition) is 2. The first-order chi connectivity index (χ1) is 8.04. The molecule has 1 N–H and O–H groups in total. The fraction of sp³-hybridized carbons (Fsp3) is 0.417. The zero-order valence-electron chi connectivity index (χ0n) is 9.80. The molecule has 94 valence electrons. The van der Waals surface area contributed by atoms with Crippen LogP contribution in [0.2, 0.25) is 5.02 Å². The van der Waals surface area contributed by atoms with Gasteiger partial charge < -0.3 is 10.1 Å². The van der Waals surface area contributed by atoms with Crippen molar-refractivity contribution >= 4 is 33.4 Å². The largest absolute Gasteiger partial charge is 0.380 e. The van der Waals surface area contributed by atoms with Gasteiger partial charge in [-0.2, -0.15) is 0 Å². The maximum absolute atomic E-state index is 11.9. The van der Waals surface area contributed by atoms with E-state index in [-0.39, 0.29) is 11.9 Å². The summed E-state index contributed by atoms with van der Waals surface area (Å²) in [5.41, 5.74) is 0.567. The zero-order chi connectivity index (χ0) is 12.8. The van der Waals surface area contributed by atoms with Crippen LogP contribution in [-0.2, 0) is 4.74 Å². The Morgan fingerprint density at radius 1 is 1.59 bits per heavy atom. The minimum atomic E-state index is -0.138. The fourth-order valence-electron chi connectivity index (χ4n) is 1.31. The lowest BCUT2D eigenvalue weighted by molar-refractivity contribution is 0.0871. The predicted octanol–water partition coefficient (Wildman–Crippen LogP) is 3.26. The zero-order valence-corrected chi connectivity index (χ0v) is 12.1. The highest BCUT2D eigenvalue weighted by molar-refractivity contribution is 9.10. The number of carbonyl (C=O) groups is 1. The quantitative estimate of drug-likeness (QED) is 0.904. The first-order valence-corrected chi connectivity index (χ1v) is 6.55. The minimum absolute atomic E-state index is 0.0231. The molecule has 0 aliphatic rings. The second-order valence-corrected chi connectivity index (χ2v) is 4.95. The van der Waals surface area contributed by atoms with Crippen molar-refractivity contribution in [2.45, 2.75) is 19.9 Å². The average molecular weight is 321 g/mol. The Morgan fingerprint density at radius 2 is 2.29 bits per heavy atom. The number of nitrogens with one attached hydrogen (secondary N) is 1. The van der Waals surface area contributed by atoms with Crippen LogP contribution >= 0.6 is 27.5 Å². The van der Waals surface area contributed by atoms with E-state index in [0.29, 0.717) is 28.3 Å². The molecule has 1 aromatic carbocycles. The molecule has 1 amide bonds. The summed E-state index contributed by atoms with van der Waals surface area (Å²) in [4.78, 5) is 11.9. The monoisotopic (exact) mass is 319 g/mol. The second kappa shape index (κ2) is 6.99. The Morgan fingerprint density at radius 3 is 2.88 bits per heavy atom. The Bertz CT molecular complexity index is 398. The lowest BCUT2D eigenvalue weighted by Gasteiger charge is -2.14. The molecular formula is C12H15BrClNO2. The summed E-state index contributed by atoms with van der Waals surface area (Å²) < 4.78 is 5.92. The van der Waals surface area contributed by atoms with E-state index >= 15 is 0 Å². The van der Waals surface area contributed by atoms with Crippen molar-refractivity contribution in [3.8, 4) is 0 Å². The molecule has 0 bridgehead atoms. The molecule has 0 saturated carbocycles. The molecule has 0 radical (unpaired) electrons. The summed E-state index contributed by atoms with van der Waals surface area (Å²) >= 11 is 9.13. The summed E-state index contributed by atoms with van der Waals surface area (Å²) in [6.45, 7) is 4.97. The van der Waals surface area contributed by atoms with Crippen molar-refractivity contribution < 1.29 is 9.53 Å². The van der Waals surface area contributed by atoms with Crippen LogP contribution in [0.3, 0.4) is 0 Å². The van der Waals surface area contributed by atoms with Crippen LogP contribution < -0.4 is 5.32 Å². The van der Waals surface area contributed by atoms with E-state index in [1.54, 1.807) is 18.2 Å². The third-order valence-electron chi connectivity index (χ3n) is 2.13. The van der Waals surface area contributed by atoms with Gasteiger partial charge in [0, 0.05) is 22.1 Å². The number of hydrogen-bond donors (Lipinski definition) is 1. The summed E-state index contributed by atoms with van der Waals surface area (Å²) in [5.74, 6) is -0.138. The highest BCUT2D eigenvalue weighted by Crippen LogP contribution is 2.21. The SMILES string of the molecule is CCOCC(C)NC(=O)c1ccc(Cl)cc1Br. The van der Waals surface area contributed by atoms with Crippen LogP contribution in [0.5, 0.6) is 0 Å². The van der Waals surface area contributed by atoms with E-state index in [9.17, 15) is 4.79 Å². The van der Waals surface area contributed by atoms with Crippen molar-refractivity contribution in [2.24, 2.45) is 0 Å². The Kier molecular flexibility index (Phi) is 5.95. The lowest BCUT2D eigenvalue weighted by Crippen LogP contribution is -2.36. The molecule has 0 fully saturated rings. The van der Waals surface area contributed by atoms with Crippen molar-refractivity contribution in [2.75, 3.05) is 13.2 Å². The van der Waals surface area contributed by atoms with Crippen molar-refractivity contribution in [3.05, 3.63) is 33.3 Å². The average Bonchev–Trinajstić information content (AvgIpc) is 2.26. The Hall–Kier alpha value is -0.580. The van der Waals surface area contributed by atoms with Crippen molar-refractivity contribution in [1.82, 2.24) is 5.32 Å². The van der Waals surface area contributed by atoms with Crippen LogP contribution in [0.1, 0.15) is 24.2 Å². The van der Waals surface area contributed by atoms with Gasteiger partial charge in [-0.25, -0.2) is 0 Å². The van der Waals surface area contributed by atoms with E-state index in [0.717, 1.165) is 0 Å². The molecular weight excluding hydrogens is 305 g/mol. The van der Waals surface area contributed by atoms with Crippen molar-refractivity contribution in [3.63, 3.8) is 0 Å². The predicted molar refractivity (Wildman–Crippen MR) is 72.6 cm³/mol. The molecule has 0 aliphatic heterocycles. The van der Waals surface area contributed by atoms with Gasteiger partial charge in [-0.3, -0.25) is 4.79 Å². The van der Waals surface area contributed by atoms with E-state index < -0.39 is 0 Å². The van der Waals surface area contributed by atoms with Gasteiger partial charge in [0.25, 0.3) is 5.91 Å². The number of halogens is 2. The summed E-state index contributed by atoms with van der Waals surface area (Å²) in [7, 11) is 0. The molecule has 0 heterocycles. The summed E-state index contributed by atoms with van der Waals surface area (Å²) in [6.07, 6.45) is 0. The van der Waals surface area contributed by atoms with E-state index in [4.69, 9.17) is 16.3 Å². The van der Waals surface area contributed by atoms with Gasteiger partial charge >= 0.3 is 0 Å². The van der Waals surface area contributed by atoms with E-state index in [1.165, 1.54) is 0 Å². The first-order valence-electron chi connectivity index (χ1n) is 5.38. The smallest absolute Gasteiger partial charge is 0.252 e. The third kappa shape index (κ3) is 4.66. The fourth-order valence-corrected chi connectivity index (χ4v) is 2.17. The summed E-state index contributed by atoms with van der Waals surface area (Å²) in [6, 6.07) is 5.05.